The van der Waals surface area contributed by atoms with Gasteiger partial charge in [0.2, 0.25) is 5.91 Å². The van der Waals surface area contributed by atoms with Crippen molar-refractivity contribution in [3.8, 4) is 0 Å². The van der Waals surface area contributed by atoms with E-state index in [2.05, 4.69) is 25.7 Å². The number of hydrogen-bond donors (Lipinski definition) is 2. The van der Waals surface area contributed by atoms with Crippen molar-refractivity contribution < 1.29 is 9.53 Å². The van der Waals surface area contributed by atoms with Gasteiger partial charge in [-0.2, -0.15) is 14.6 Å². The lowest BCUT2D eigenvalue weighted by Gasteiger charge is -2.09. The smallest absolute Gasteiger partial charge is 0.254 e. The Hall–Kier alpha value is -2.22. The molecule has 0 aliphatic heterocycles. The number of anilines is 1. The maximum absolute atomic E-state index is 11.5. The van der Waals surface area contributed by atoms with Crippen LogP contribution in [0, 0.1) is 6.92 Å². The first kappa shape index (κ1) is 14.2. The van der Waals surface area contributed by atoms with Crippen LogP contribution in [0.5, 0.6) is 0 Å². The Morgan fingerprint density at radius 2 is 2.30 bits per heavy atom. The summed E-state index contributed by atoms with van der Waals surface area (Å²) in [6.45, 7) is 3.44. The summed E-state index contributed by atoms with van der Waals surface area (Å²) in [5, 5.41) is 10.0. The fourth-order valence-corrected chi connectivity index (χ4v) is 1.74. The van der Waals surface area contributed by atoms with E-state index >= 15 is 0 Å². The summed E-state index contributed by atoms with van der Waals surface area (Å²) in [5.74, 6) is 1.29. The number of ether oxygens (including phenoxy) is 1. The lowest BCUT2D eigenvalue weighted by Crippen LogP contribution is -2.28. The van der Waals surface area contributed by atoms with Crippen LogP contribution >= 0.6 is 0 Å². The molecule has 0 saturated heterocycles. The summed E-state index contributed by atoms with van der Waals surface area (Å²) >= 11 is 0. The highest BCUT2D eigenvalue weighted by molar-refractivity contribution is 5.76. The largest absolute Gasteiger partial charge is 0.383 e. The third-order valence-corrected chi connectivity index (χ3v) is 2.67. The van der Waals surface area contributed by atoms with Crippen molar-refractivity contribution in [2.45, 2.75) is 13.3 Å². The molecule has 0 spiro atoms. The van der Waals surface area contributed by atoms with Gasteiger partial charge in [-0.3, -0.25) is 4.79 Å². The monoisotopic (exact) mass is 278 g/mol. The van der Waals surface area contributed by atoms with Gasteiger partial charge in [-0.1, -0.05) is 0 Å². The van der Waals surface area contributed by atoms with Crippen LogP contribution in [-0.2, 0) is 9.53 Å². The van der Waals surface area contributed by atoms with Gasteiger partial charge in [0.15, 0.2) is 0 Å². The van der Waals surface area contributed by atoms with E-state index in [1.54, 1.807) is 11.6 Å². The molecule has 1 amide bonds. The number of hydrogen-bond acceptors (Lipinski definition) is 6. The summed E-state index contributed by atoms with van der Waals surface area (Å²) in [7, 11) is 1.60. The van der Waals surface area contributed by atoms with Crippen LogP contribution in [0.25, 0.3) is 5.78 Å². The van der Waals surface area contributed by atoms with Crippen LogP contribution in [0.2, 0.25) is 0 Å². The van der Waals surface area contributed by atoms with E-state index in [9.17, 15) is 4.79 Å². The number of fused-ring (bicyclic) bond motifs is 1. The molecule has 0 fully saturated rings. The van der Waals surface area contributed by atoms with Gasteiger partial charge in [0, 0.05) is 38.4 Å². The summed E-state index contributed by atoms with van der Waals surface area (Å²) in [6, 6.07) is 1.87. The zero-order valence-corrected chi connectivity index (χ0v) is 11.6. The van der Waals surface area contributed by atoms with Gasteiger partial charge in [0.1, 0.15) is 12.1 Å². The minimum absolute atomic E-state index is 0.0184. The number of nitrogens with zero attached hydrogens (tertiary/aromatic N) is 4. The summed E-state index contributed by atoms with van der Waals surface area (Å²) in [5.41, 5.74) is 0.845. The summed E-state index contributed by atoms with van der Waals surface area (Å²) in [4.78, 5) is 19.8. The molecular weight excluding hydrogens is 260 g/mol. The molecule has 108 valence electrons. The molecule has 8 heteroatoms. The second kappa shape index (κ2) is 6.80. The summed E-state index contributed by atoms with van der Waals surface area (Å²) < 4.78 is 6.47. The van der Waals surface area contributed by atoms with E-state index in [-0.39, 0.29) is 5.91 Å². The first-order valence-corrected chi connectivity index (χ1v) is 6.37. The molecule has 0 aliphatic carbocycles. The van der Waals surface area contributed by atoms with E-state index < -0.39 is 0 Å². The number of nitrogens with one attached hydrogen (secondary N) is 2. The van der Waals surface area contributed by atoms with Crippen molar-refractivity contribution >= 4 is 17.5 Å². The highest BCUT2D eigenvalue weighted by atomic mass is 16.5. The average Bonchev–Trinajstić information content (AvgIpc) is 2.87. The Morgan fingerprint density at radius 1 is 1.45 bits per heavy atom. The van der Waals surface area contributed by atoms with E-state index in [1.165, 1.54) is 6.33 Å². The molecule has 2 aromatic rings. The van der Waals surface area contributed by atoms with Crippen LogP contribution in [-0.4, -0.2) is 52.3 Å². The fraction of sp³-hybridized carbons (Fsp3) is 0.500. The number of amides is 1. The highest BCUT2D eigenvalue weighted by Crippen LogP contribution is 2.09. The van der Waals surface area contributed by atoms with Gasteiger partial charge in [0.05, 0.1) is 6.61 Å². The molecule has 0 aromatic carbocycles. The molecule has 0 radical (unpaired) electrons. The third kappa shape index (κ3) is 3.64. The topological polar surface area (TPSA) is 93.4 Å². The van der Waals surface area contributed by atoms with Crippen molar-refractivity contribution in [1.29, 1.82) is 0 Å². The van der Waals surface area contributed by atoms with Gasteiger partial charge in [-0.25, -0.2) is 4.98 Å². The van der Waals surface area contributed by atoms with Crippen molar-refractivity contribution in [3.63, 3.8) is 0 Å². The van der Waals surface area contributed by atoms with Crippen LogP contribution < -0.4 is 10.6 Å². The molecule has 0 aliphatic rings. The zero-order chi connectivity index (χ0) is 14.4. The first-order valence-electron chi connectivity index (χ1n) is 6.37. The molecule has 0 saturated carbocycles. The molecule has 2 rings (SSSR count). The molecule has 0 unspecified atom stereocenters. The molecule has 0 bridgehead atoms. The molecule has 8 nitrogen and oxygen atoms in total. The second-order valence-corrected chi connectivity index (χ2v) is 4.27. The maximum Gasteiger partial charge on any atom is 0.254 e. The molecule has 2 heterocycles. The van der Waals surface area contributed by atoms with Crippen LogP contribution in [0.15, 0.2) is 12.4 Å². The number of aromatic nitrogens is 4. The third-order valence-electron chi connectivity index (χ3n) is 2.67. The molecule has 20 heavy (non-hydrogen) atoms. The standard InChI is InChI=1S/C12H18N6O2/c1-9-7-10(18-12(17-9)15-8-16-18)13-4-3-11(19)14-5-6-20-2/h7-8,13H,3-6H2,1-2H3,(H,14,19). The number of carbonyl (C=O) groups is 1. The number of methoxy groups -OCH3 is 1. The Morgan fingerprint density at radius 3 is 3.10 bits per heavy atom. The van der Waals surface area contributed by atoms with Crippen LogP contribution in [0.1, 0.15) is 12.1 Å². The lowest BCUT2D eigenvalue weighted by molar-refractivity contribution is -0.121. The summed E-state index contributed by atoms with van der Waals surface area (Å²) in [6.07, 6.45) is 1.83. The Bertz CT molecular complexity index is 582. The lowest BCUT2D eigenvalue weighted by atomic mass is 10.3. The van der Waals surface area contributed by atoms with Crippen LogP contribution in [0.4, 0.5) is 5.82 Å². The van der Waals surface area contributed by atoms with Gasteiger partial charge in [0.25, 0.3) is 5.78 Å². The molecule has 0 atom stereocenters. The number of carbonyl (C=O) groups excluding carboxylic acids is 1. The van der Waals surface area contributed by atoms with Crippen molar-refractivity contribution in [2.24, 2.45) is 0 Å². The van der Waals surface area contributed by atoms with Crippen molar-refractivity contribution in [1.82, 2.24) is 24.9 Å². The van der Waals surface area contributed by atoms with Crippen molar-refractivity contribution in [3.05, 3.63) is 18.1 Å². The van der Waals surface area contributed by atoms with E-state index in [0.717, 1.165) is 11.5 Å². The Balaban J connectivity index is 1.86. The predicted octanol–water partition coefficient (Wildman–Crippen LogP) is -0.00268. The molecule has 2 aromatic heterocycles. The van der Waals surface area contributed by atoms with Crippen molar-refractivity contribution in [2.75, 3.05) is 32.1 Å². The highest BCUT2D eigenvalue weighted by Gasteiger charge is 2.06. The minimum Gasteiger partial charge on any atom is -0.383 e. The first-order chi connectivity index (χ1) is 9.70. The minimum atomic E-state index is -0.0184. The Labute approximate surface area is 116 Å². The predicted molar refractivity (Wildman–Crippen MR) is 73.5 cm³/mol. The number of aryl methyl sites for hydroxylation is 1. The SMILES string of the molecule is COCCNC(=O)CCNc1cc(C)nc2ncnn12. The number of rotatable bonds is 7. The Kier molecular flexibility index (Phi) is 4.83. The van der Waals surface area contributed by atoms with Gasteiger partial charge in [-0.05, 0) is 6.92 Å². The normalized spacial score (nSPS) is 10.7. The average molecular weight is 278 g/mol. The second-order valence-electron chi connectivity index (χ2n) is 4.27. The maximum atomic E-state index is 11.5. The van der Waals surface area contributed by atoms with Gasteiger partial charge in [-0.15, -0.1) is 0 Å². The molecule has 2 N–H and O–H groups in total. The zero-order valence-electron chi connectivity index (χ0n) is 11.6. The van der Waals surface area contributed by atoms with E-state index in [0.29, 0.717) is 31.9 Å². The van der Waals surface area contributed by atoms with Gasteiger partial charge >= 0.3 is 0 Å². The van der Waals surface area contributed by atoms with E-state index in [1.807, 2.05) is 13.0 Å². The van der Waals surface area contributed by atoms with Gasteiger partial charge < -0.3 is 15.4 Å². The molecular formula is C12H18N6O2. The van der Waals surface area contributed by atoms with Crippen LogP contribution in [0.3, 0.4) is 0 Å². The van der Waals surface area contributed by atoms with E-state index in [4.69, 9.17) is 4.74 Å². The quantitative estimate of drug-likeness (QED) is 0.692. The fourth-order valence-electron chi connectivity index (χ4n) is 1.74.